The van der Waals surface area contributed by atoms with Crippen molar-refractivity contribution in [3.05, 3.63) is 90.5 Å². The van der Waals surface area contributed by atoms with E-state index in [4.69, 9.17) is 25.8 Å². The normalized spacial score (nSPS) is 25.2. The first-order valence-corrected chi connectivity index (χ1v) is 17.8. The fraction of sp³-hybridized carbons (Fsp3) is 0.487. The van der Waals surface area contributed by atoms with Gasteiger partial charge in [-0.3, -0.25) is 19.2 Å². The van der Waals surface area contributed by atoms with Crippen LogP contribution in [0.2, 0.25) is 5.02 Å². The number of likely N-dealkylation sites (tertiary alicyclic amines) is 1. The summed E-state index contributed by atoms with van der Waals surface area (Å²) in [6, 6.07) is 13.3. The number of anilines is 1. The summed E-state index contributed by atoms with van der Waals surface area (Å²) in [6.45, 7) is 11.0. The Balaban J connectivity index is 1.54. The van der Waals surface area contributed by atoms with E-state index < -0.39 is 72.2 Å². The molecule has 12 heteroatoms. The van der Waals surface area contributed by atoms with E-state index in [9.17, 15) is 24.3 Å². The van der Waals surface area contributed by atoms with E-state index in [1.54, 1.807) is 60.7 Å². The van der Waals surface area contributed by atoms with Crippen molar-refractivity contribution in [2.75, 3.05) is 31.8 Å². The largest absolute Gasteiger partial charge is 0.455 e. The number of aliphatic hydroxyl groups excluding tert-OH is 1. The standard InChI is InChI=1S/C39H48ClN3O8/c1-6-8-18-31(45)41-27(23-49-5)34(25-14-10-9-11-15-25)50-38(48)32-30-19-20-39(51-30)33(32)36(46)43(29(22-44)24(3)4)35(39)37(47)42(21-7-2)28-17-13-12-16-26(28)40/h6-7,9-17,24,27,29-30,32-35,44H,1-2,8,18-23H2,3-5H3,(H,41,45)/t27-,29+,30-,32+,33+,34-,35-,39+/m1/s1. The zero-order valence-electron chi connectivity index (χ0n) is 29.4. The van der Waals surface area contributed by atoms with E-state index in [1.807, 2.05) is 19.9 Å². The molecule has 0 radical (unpaired) electrons. The summed E-state index contributed by atoms with van der Waals surface area (Å²) in [6.07, 6.45) is 2.99. The van der Waals surface area contributed by atoms with Crippen LogP contribution in [0.5, 0.6) is 0 Å². The quantitative estimate of drug-likeness (QED) is 0.179. The first-order valence-electron chi connectivity index (χ1n) is 17.5. The number of aliphatic hydroxyl groups is 1. The number of benzene rings is 2. The van der Waals surface area contributed by atoms with Gasteiger partial charge in [0.15, 0.2) is 0 Å². The van der Waals surface area contributed by atoms with Crippen molar-refractivity contribution in [1.82, 2.24) is 10.2 Å². The summed E-state index contributed by atoms with van der Waals surface area (Å²) in [4.78, 5) is 59.9. The second-order valence-corrected chi connectivity index (χ2v) is 14.1. The van der Waals surface area contributed by atoms with Gasteiger partial charge in [0.1, 0.15) is 17.7 Å². The lowest BCUT2D eigenvalue weighted by Gasteiger charge is -2.40. The molecule has 1 spiro atoms. The van der Waals surface area contributed by atoms with E-state index in [1.165, 1.54) is 16.9 Å². The predicted molar refractivity (Wildman–Crippen MR) is 193 cm³/mol. The van der Waals surface area contributed by atoms with Gasteiger partial charge in [0.25, 0.3) is 5.91 Å². The maximum atomic E-state index is 14.9. The Labute approximate surface area is 304 Å². The number of nitrogens with zero attached hydrogens (tertiary/aromatic N) is 2. The molecule has 3 aliphatic rings. The molecule has 8 atom stereocenters. The highest BCUT2D eigenvalue weighted by molar-refractivity contribution is 6.34. The molecule has 51 heavy (non-hydrogen) atoms. The van der Waals surface area contributed by atoms with Crippen molar-refractivity contribution in [2.24, 2.45) is 17.8 Å². The lowest BCUT2D eigenvalue weighted by molar-refractivity contribution is -0.163. The van der Waals surface area contributed by atoms with Gasteiger partial charge in [0.2, 0.25) is 11.8 Å². The molecule has 0 aromatic heterocycles. The van der Waals surface area contributed by atoms with Crippen LogP contribution >= 0.6 is 11.6 Å². The Morgan fingerprint density at radius 2 is 1.84 bits per heavy atom. The molecular weight excluding hydrogens is 674 g/mol. The van der Waals surface area contributed by atoms with Gasteiger partial charge < -0.3 is 34.4 Å². The van der Waals surface area contributed by atoms with Crippen LogP contribution in [-0.4, -0.2) is 90.4 Å². The van der Waals surface area contributed by atoms with E-state index in [0.717, 1.165) is 0 Å². The minimum absolute atomic E-state index is 0.0433. The van der Waals surface area contributed by atoms with Gasteiger partial charge in [-0.05, 0) is 42.9 Å². The number of carbonyl (C=O) groups excluding carboxylic acids is 4. The van der Waals surface area contributed by atoms with Crippen molar-refractivity contribution in [2.45, 2.75) is 75.5 Å². The summed E-state index contributed by atoms with van der Waals surface area (Å²) in [5.41, 5.74) is -0.295. The number of hydrogen-bond donors (Lipinski definition) is 2. The van der Waals surface area contributed by atoms with Crippen molar-refractivity contribution < 1.29 is 38.5 Å². The number of amides is 3. The molecule has 3 amide bonds. The average molecular weight is 722 g/mol. The van der Waals surface area contributed by atoms with Crippen LogP contribution in [0.1, 0.15) is 51.2 Å². The van der Waals surface area contributed by atoms with Gasteiger partial charge in [0.05, 0.1) is 53.9 Å². The van der Waals surface area contributed by atoms with E-state index >= 15 is 0 Å². The summed E-state index contributed by atoms with van der Waals surface area (Å²) < 4.78 is 18.4. The molecular formula is C39H48ClN3O8. The van der Waals surface area contributed by atoms with Crippen molar-refractivity contribution in [1.29, 1.82) is 0 Å². The monoisotopic (exact) mass is 721 g/mol. The van der Waals surface area contributed by atoms with Crippen LogP contribution in [0.4, 0.5) is 5.69 Å². The fourth-order valence-corrected chi connectivity index (χ4v) is 8.23. The lowest BCUT2D eigenvalue weighted by atomic mass is 9.70. The van der Waals surface area contributed by atoms with Crippen LogP contribution < -0.4 is 10.2 Å². The van der Waals surface area contributed by atoms with Crippen molar-refractivity contribution >= 4 is 41.0 Å². The number of carbonyl (C=O) groups is 4. The molecule has 0 saturated carbocycles. The third-order valence-electron chi connectivity index (χ3n) is 10.3. The minimum atomic E-state index is -1.36. The molecule has 2 aromatic rings. The average Bonchev–Trinajstić information content (AvgIpc) is 3.76. The Bertz CT molecular complexity index is 1600. The van der Waals surface area contributed by atoms with Crippen LogP contribution in [-0.2, 0) is 33.4 Å². The van der Waals surface area contributed by atoms with Crippen LogP contribution in [0.3, 0.4) is 0 Å². The number of ether oxygens (including phenoxy) is 3. The number of methoxy groups -OCH3 is 1. The SMILES string of the molecule is C=CCCC(=O)N[C@H](COC)[C@H](OC(=O)[C@@H]1[C@H]2C(=O)N([C@@H](CO)C(C)C)[C@H](C(=O)N(CC=C)c3ccccc3Cl)[C@]23CC[C@H]1O3)c1ccccc1. The predicted octanol–water partition coefficient (Wildman–Crippen LogP) is 4.63. The molecule has 3 heterocycles. The fourth-order valence-electron chi connectivity index (χ4n) is 8.00. The highest BCUT2D eigenvalue weighted by Gasteiger charge is 2.76. The number of esters is 1. The number of para-hydroxylation sites is 1. The summed E-state index contributed by atoms with van der Waals surface area (Å²) >= 11 is 6.59. The number of fused-ring (bicyclic) bond motifs is 1. The molecule has 2 aromatic carbocycles. The van der Waals surface area contributed by atoms with Gasteiger partial charge in [-0.1, -0.05) is 80.1 Å². The van der Waals surface area contributed by atoms with E-state index in [-0.39, 0.29) is 31.4 Å². The first-order chi connectivity index (χ1) is 24.5. The maximum Gasteiger partial charge on any atom is 0.313 e. The lowest BCUT2D eigenvalue weighted by Crippen LogP contribution is -2.59. The van der Waals surface area contributed by atoms with Crippen LogP contribution in [0.25, 0.3) is 0 Å². The highest BCUT2D eigenvalue weighted by atomic mass is 35.5. The van der Waals surface area contributed by atoms with Gasteiger partial charge in [-0.2, -0.15) is 0 Å². The first kappa shape index (κ1) is 38.2. The van der Waals surface area contributed by atoms with Gasteiger partial charge in [-0.25, -0.2) is 0 Å². The van der Waals surface area contributed by atoms with Crippen molar-refractivity contribution in [3.8, 4) is 0 Å². The smallest absolute Gasteiger partial charge is 0.313 e. The van der Waals surface area contributed by atoms with E-state index in [0.29, 0.717) is 35.5 Å². The third-order valence-corrected chi connectivity index (χ3v) is 10.6. The molecule has 5 rings (SSSR count). The number of nitrogens with one attached hydrogen (secondary N) is 1. The third kappa shape index (κ3) is 7.35. The number of halogens is 1. The topological polar surface area (TPSA) is 135 Å². The summed E-state index contributed by atoms with van der Waals surface area (Å²) in [5, 5.41) is 13.9. The molecule has 2 N–H and O–H groups in total. The molecule has 274 valence electrons. The number of rotatable bonds is 17. The molecule has 0 unspecified atom stereocenters. The number of allylic oxidation sites excluding steroid dienone is 1. The minimum Gasteiger partial charge on any atom is -0.455 e. The molecule has 11 nitrogen and oxygen atoms in total. The Morgan fingerprint density at radius 1 is 1.14 bits per heavy atom. The molecule has 3 saturated heterocycles. The number of hydrogen-bond acceptors (Lipinski definition) is 8. The molecule has 0 aliphatic carbocycles. The summed E-state index contributed by atoms with van der Waals surface area (Å²) in [7, 11) is 1.49. The zero-order valence-corrected chi connectivity index (χ0v) is 30.2. The van der Waals surface area contributed by atoms with E-state index in [2.05, 4.69) is 18.5 Å². The van der Waals surface area contributed by atoms with Crippen molar-refractivity contribution in [3.63, 3.8) is 0 Å². The molecule has 3 aliphatic heterocycles. The van der Waals surface area contributed by atoms with Crippen LogP contribution in [0.15, 0.2) is 79.9 Å². The second kappa shape index (κ2) is 16.5. The van der Waals surface area contributed by atoms with Crippen LogP contribution in [0, 0.1) is 17.8 Å². The zero-order chi connectivity index (χ0) is 36.9. The maximum absolute atomic E-state index is 14.9. The molecule has 3 fully saturated rings. The Hall–Kier alpha value is -4.03. The molecule has 2 bridgehead atoms. The Morgan fingerprint density at radius 3 is 2.47 bits per heavy atom. The second-order valence-electron chi connectivity index (χ2n) is 13.7. The van der Waals surface area contributed by atoms with Gasteiger partial charge in [-0.15, -0.1) is 13.2 Å². The van der Waals surface area contributed by atoms with Gasteiger partial charge in [0, 0.05) is 20.1 Å². The van der Waals surface area contributed by atoms with Gasteiger partial charge >= 0.3 is 5.97 Å². The summed E-state index contributed by atoms with van der Waals surface area (Å²) in [5.74, 6) is -4.17. The Kier molecular flexibility index (Phi) is 12.4. The highest BCUT2D eigenvalue weighted by Crippen LogP contribution is 2.59.